The summed E-state index contributed by atoms with van der Waals surface area (Å²) in [4.78, 5) is 28.9. The van der Waals surface area contributed by atoms with Crippen molar-refractivity contribution >= 4 is 39.9 Å². The minimum Gasteiger partial charge on any atom is -0.352 e. The first-order valence-corrected chi connectivity index (χ1v) is 7.55. The van der Waals surface area contributed by atoms with Crippen molar-refractivity contribution in [2.75, 3.05) is 13.1 Å². The van der Waals surface area contributed by atoms with Crippen LogP contribution in [0.3, 0.4) is 0 Å². The van der Waals surface area contributed by atoms with E-state index in [-0.39, 0.29) is 29.9 Å². The second-order valence-corrected chi connectivity index (χ2v) is 5.78. The number of halogens is 1. The van der Waals surface area contributed by atoms with Crippen LogP contribution in [0.15, 0.2) is 22.6 Å². The SMILES string of the molecule is Cl.O=C(CCn1cnc2sccc2c1=O)NC1CCNC1. The molecule has 3 rings (SSSR count). The molecule has 6 nitrogen and oxygen atoms in total. The molecule has 0 aliphatic carbocycles. The molecule has 1 atom stereocenters. The van der Waals surface area contributed by atoms with Gasteiger partial charge >= 0.3 is 0 Å². The van der Waals surface area contributed by atoms with Crippen molar-refractivity contribution in [3.8, 4) is 0 Å². The van der Waals surface area contributed by atoms with E-state index in [0.29, 0.717) is 18.4 Å². The number of fused-ring (bicyclic) bond motifs is 1. The van der Waals surface area contributed by atoms with Crippen molar-refractivity contribution in [2.24, 2.45) is 0 Å². The van der Waals surface area contributed by atoms with Crippen LogP contribution in [0.4, 0.5) is 0 Å². The van der Waals surface area contributed by atoms with E-state index in [1.54, 1.807) is 6.07 Å². The van der Waals surface area contributed by atoms with Gasteiger partial charge in [0.25, 0.3) is 5.56 Å². The Balaban J connectivity index is 0.00000161. The molecule has 114 valence electrons. The van der Waals surface area contributed by atoms with Crippen LogP contribution >= 0.6 is 23.7 Å². The Kier molecular flexibility index (Phi) is 5.33. The molecule has 0 spiro atoms. The summed E-state index contributed by atoms with van der Waals surface area (Å²) in [5.41, 5.74) is -0.0772. The third kappa shape index (κ3) is 3.61. The quantitative estimate of drug-likeness (QED) is 0.868. The zero-order valence-electron chi connectivity index (χ0n) is 11.4. The summed E-state index contributed by atoms with van der Waals surface area (Å²) in [6, 6.07) is 1.99. The number of amides is 1. The van der Waals surface area contributed by atoms with Gasteiger partial charge in [-0.15, -0.1) is 23.7 Å². The summed E-state index contributed by atoms with van der Waals surface area (Å²) in [5.74, 6) is -0.0176. The van der Waals surface area contributed by atoms with E-state index in [2.05, 4.69) is 15.6 Å². The minimum atomic E-state index is -0.0772. The number of carbonyl (C=O) groups excluding carboxylic acids is 1. The molecular formula is C13H17ClN4O2S. The predicted octanol–water partition coefficient (Wildman–Crippen LogP) is 0.748. The summed E-state index contributed by atoms with van der Waals surface area (Å²) in [5, 5.41) is 8.64. The molecule has 2 N–H and O–H groups in total. The molecule has 1 unspecified atom stereocenters. The largest absolute Gasteiger partial charge is 0.352 e. The Labute approximate surface area is 132 Å². The molecule has 1 saturated heterocycles. The molecule has 1 aliphatic rings. The molecule has 0 bridgehead atoms. The lowest BCUT2D eigenvalue weighted by atomic mass is 10.2. The Morgan fingerprint density at radius 1 is 1.57 bits per heavy atom. The topological polar surface area (TPSA) is 76.0 Å². The van der Waals surface area contributed by atoms with Gasteiger partial charge in [0.05, 0.1) is 11.7 Å². The van der Waals surface area contributed by atoms with Crippen LogP contribution in [0.2, 0.25) is 0 Å². The number of rotatable bonds is 4. The fourth-order valence-electron chi connectivity index (χ4n) is 2.35. The average Bonchev–Trinajstić information content (AvgIpc) is 3.09. The van der Waals surface area contributed by atoms with Crippen molar-refractivity contribution in [3.05, 3.63) is 28.1 Å². The monoisotopic (exact) mass is 328 g/mol. The maximum atomic E-state index is 12.1. The van der Waals surface area contributed by atoms with E-state index in [1.807, 2.05) is 5.38 Å². The molecule has 8 heteroatoms. The maximum absolute atomic E-state index is 12.1. The fourth-order valence-corrected chi connectivity index (χ4v) is 3.08. The zero-order chi connectivity index (χ0) is 13.9. The predicted molar refractivity (Wildman–Crippen MR) is 85.2 cm³/mol. The molecule has 0 aromatic carbocycles. The minimum absolute atomic E-state index is 0. The lowest BCUT2D eigenvalue weighted by Gasteiger charge is -2.11. The number of hydrogen-bond acceptors (Lipinski definition) is 5. The van der Waals surface area contributed by atoms with Crippen molar-refractivity contribution in [1.29, 1.82) is 0 Å². The van der Waals surface area contributed by atoms with E-state index < -0.39 is 0 Å². The highest BCUT2D eigenvalue weighted by Gasteiger charge is 2.16. The highest BCUT2D eigenvalue weighted by Crippen LogP contribution is 2.13. The molecule has 21 heavy (non-hydrogen) atoms. The molecule has 0 saturated carbocycles. The number of carbonyl (C=O) groups is 1. The first kappa shape index (κ1) is 15.9. The number of aryl methyl sites for hydroxylation is 1. The number of nitrogens with one attached hydrogen (secondary N) is 2. The summed E-state index contributed by atoms with van der Waals surface area (Å²) in [6.07, 6.45) is 2.79. The van der Waals surface area contributed by atoms with Crippen LogP contribution < -0.4 is 16.2 Å². The first-order valence-electron chi connectivity index (χ1n) is 6.67. The van der Waals surface area contributed by atoms with Gasteiger partial charge < -0.3 is 10.6 Å². The number of thiophene rings is 1. The molecule has 2 aromatic rings. The highest BCUT2D eigenvalue weighted by molar-refractivity contribution is 7.16. The van der Waals surface area contributed by atoms with Crippen LogP contribution in [0, 0.1) is 0 Å². The number of hydrogen-bond donors (Lipinski definition) is 2. The second kappa shape index (κ2) is 7.02. The molecular weight excluding hydrogens is 312 g/mol. The van der Waals surface area contributed by atoms with E-state index in [1.165, 1.54) is 22.2 Å². The van der Waals surface area contributed by atoms with Gasteiger partial charge in [0.1, 0.15) is 4.83 Å². The fraction of sp³-hybridized carbons (Fsp3) is 0.462. The van der Waals surface area contributed by atoms with Crippen LogP contribution in [0.1, 0.15) is 12.8 Å². The normalized spacial score (nSPS) is 17.6. The summed E-state index contributed by atoms with van der Waals surface area (Å²) in [7, 11) is 0. The molecule has 1 aliphatic heterocycles. The van der Waals surface area contributed by atoms with Crippen LogP contribution in [-0.4, -0.2) is 34.6 Å². The molecule has 2 aromatic heterocycles. The van der Waals surface area contributed by atoms with Gasteiger partial charge in [-0.3, -0.25) is 14.2 Å². The number of aromatic nitrogens is 2. The zero-order valence-corrected chi connectivity index (χ0v) is 13.0. The van der Waals surface area contributed by atoms with E-state index >= 15 is 0 Å². The van der Waals surface area contributed by atoms with Gasteiger partial charge in [-0.1, -0.05) is 0 Å². The summed E-state index contributed by atoms with van der Waals surface area (Å²) < 4.78 is 1.50. The van der Waals surface area contributed by atoms with Crippen molar-refractivity contribution in [3.63, 3.8) is 0 Å². The van der Waals surface area contributed by atoms with Crippen molar-refractivity contribution < 1.29 is 4.79 Å². The van der Waals surface area contributed by atoms with Gasteiger partial charge in [0.2, 0.25) is 5.91 Å². The smallest absolute Gasteiger partial charge is 0.262 e. The van der Waals surface area contributed by atoms with Gasteiger partial charge in [-0.25, -0.2) is 4.98 Å². The molecule has 1 amide bonds. The first-order chi connectivity index (χ1) is 9.74. The number of nitrogens with zero attached hydrogens (tertiary/aromatic N) is 2. The Hall–Kier alpha value is -1.44. The standard InChI is InChI=1S/C13H16N4O2S.ClH/c18-11(16-9-1-4-14-7-9)2-5-17-8-15-12-10(13(17)19)3-6-20-12;/h3,6,8-9,14H,1-2,4-5,7H2,(H,16,18);1H. The third-order valence-corrected chi connectivity index (χ3v) is 4.28. The Morgan fingerprint density at radius 3 is 3.19 bits per heavy atom. The molecule has 3 heterocycles. The summed E-state index contributed by atoms with van der Waals surface area (Å²) >= 11 is 1.45. The van der Waals surface area contributed by atoms with Crippen molar-refractivity contribution in [1.82, 2.24) is 20.2 Å². The van der Waals surface area contributed by atoms with Gasteiger partial charge in [0, 0.05) is 25.6 Å². The maximum Gasteiger partial charge on any atom is 0.262 e. The average molecular weight is 329 g/mol. The van der Waals surface area contributed by atoms with Gasteiger partial charge in [0.15, 0.2) is 0 Å². The van der Waals surface area contributed by atoms with E-state index in [0.717, 1.165) is 24.3 Å². The second-order valence-electron chi connectivity index (χ2n) is 4.89. The lowest BCUT2D eigenvalue weighted by molar-refractivity contribution is -0.121. The van der Waals surface area contributed by atoms with Crippen LogP contribution in [-0.2, 0) is 11.3 Å². The van der Waals surface area contributed by atoms with Gasteiger partial charge in [-0.2, -0.15) is 0 Å². The summed E-state index contributed by atoms with van der Waals surface area (Å²) in [6.45, 7) is 2.14. The molecule has 0 radical (unpaired) electrons. The Bertz CT molecular complexity index is 678. The van der Waals surface area contributed by atoms with Crippen LogP contribution in [0.25, 0.3) is 10.2 Å². The van der Waals surface area contributed by atoms with E-state index in [4.69, 9.17) is 0 Å². The Morgan fingerprint density at radius 2 is 2.43 bits per heavy atom. The van der Waals surface area contributed by atoms with E-state index in [9.17, 15) is 9.59 Å². The third-order valence-electron chi connectivity index (χ3n) is 3.46. The molecule has 1 fully saturated rings. The highest BCUT2D eigenvalue weighted by atomic mass is 35.5. The van der Waals surface area contributed by atoms with Gasteiger partial charge in [-0.05, 0) is 24.4 Å². The lowest BCUT2D eigenvalue weighted by Crippen LogP contribution is -2.37. The van der Waals surface area contributed by atoms with Crippen molar-refractivity contribution in [2.45, 2.75) is 25.4 Å². The van der Waals surface area contributed by atoms with Crippen LogP contribution in [0.5, 0.6) is 0 Å².